The first-order chi connectivity index (χ1) is 7.45. The van der Waals surface area contributed by atoms with Crippen LogP contribution in [0.2, 0.25) is 0 Å². The van der Waals surface area contributed by atoms with Crippen molar-refractivity contribution in [2.24, 2.45) is 0 Å². The van der Waals surface area contributed by atoms with Crippen LogP contribution in [0.25, 0.3) is 0 Å². The van der Waals surface area contributed by atoms with E-state index in [9.17, 15) is 13.6 Å². The number of methoxy groups -OCH3 is 1. The van der Waals surface area contributed by atoms with Crippen molar-refractivity contribution in [3.63, 3.8) is 0 Å². The maximum atomic E-state index is 12.6. The molecule has 1 aromatic heterocycles. The van der Waals surface area contributed by atoms with Gasteiger partial charge >= 0.3 is 5.97 Å². The van der Waals surface area contributed by atoms with Crippen molar-refractivity contribution < 1.29 is 23.4 Å². The molecular weight excluding hydrogens is 220 g/mol. The van der Waals surface area contributed by atoms with Gasteiger partial charge in [0.05, 0.1) is 13.5 Å². The Hall–Kier alpha value is -1.72. The summed E-state index contributed by atoms with van der Waals surface area (Å²) in [5, 5.41) is 8.64. The number of rotatable bonds is 4. The quantitative estimate of drug-likeness (QED) is 0.860. The first-order valence-electron chi connectivity index (χ1n) is 4.50. The van der Waals surface area contributed by atoms with Crippen molar-refractivity contribution in [1.82, 2.24) is 4.98 Å². The molecule has 0 aliphatic heterocycles. The Morgan fingerprint density at radius 2 is 2.25 bits per heavy atom. The smallest absolute Gasteiger partial charge is 0.307 e. The molecule has 1 N–H and O–H groups in total. The number of nitrogens with zero attached hydrogens (tertiary/aromatic N) is 1. The summed E-state index contributed by atoms with van der Waals surface area (Å²) in [5.41, 5.74) is 0.0449. The van der Waals surface area contributed by atoms with Gasteiger partial charge in [0.2, 0.25) is 5.88 Å². The second kappa shape index (κ2) is 4.87. The van der Waals surface area contributed by atoms with Gasteiger partial charge in [0.1, 0.15) is 5.69 Å². The predicted molar refractivity (Wildman–Crippen MR) is 51.8 cm³/mol. The fourth-order valence-corrected chi connectivity index (χ4v) is 1.32. The predicted octanol–water partition coefficient (Wildman–Crippen LogP) is 1.96. The van der Waals surface area contributed by atoms with Gasteiger partial charge in [-0.1, -0.05) is 0 Å². The van der Waals surface area contributed by atoms with Gasteiger partial charge in [-0.15, -0.1) is 0 Å². The lowest BCUT2D eigenvalue weighted by molar-refractivity contribution is -0.136. The summed E-state index contributed by atoms with van der Waals surface area (Å²) in [6, 6.07) is 1.36. The minimum atomic E-state index is -2.75. The average Bonchev–Trinajstić information content (AvgIpc) is 2.19. The summed E-state index contributed by atoms with van der Waals surface area (Å²) in [6.45, 7) is 1.42. The van der Waals surface area contributed by atoms with E-state index in [4.69, 9.17) is 9.84 Å². The summed E-state index contributed by atoms with van der Waals surface area (Å²) in [4.78, 5) is 14.1. The molecule has 1 aromatic rings. The van der Waals surface area contributed by atoms with Gasteiger partial charge < -0.3 is 9.84 Å². The Bertz CT molecular complexity index is 407. The van der Waals surface area contributed by atoms with Crippen LogP contribution >= 0.6 is 0 Å². The van der Waals surface area contributed by atoms with Crippen LogP contribution < -0.4 is 4.74 Å². The molecule has 1 rings (SSSR count). The lowest BCUT2D eigenvalue weighted by Crippen LogP contribution is -2.07. The number of hydrogen-bond acceptors (Lipinski definition) is 3. The maximum absolute atomic E-state index is 12.6. The average molecular weight is 231 g/mol. The number of ether oxygens (including phenoxy) is 1. The third-order valence-electron chi connectivity index (χ3n) is 2.15. The number of halogens is 2. The third-order valence-corrected chi connectivity index (χ3v) is 2.15. The van der Waals surface area contributed by atoms with E-state index in [1.54, 1.807) is 0 Å². The van der Waals surface area contributed by atoms with E-state index in [1.165, 1.54) is 20.1 Å². The molecule has 0 aliphatic rings. The topological polar surface area (TPSA) is 59.4 Å². The SMILES string of the molecule is COc1cc(CC(=O)O)c(C)c(C(F)F)n1. The van der Waals surface area contributed by atoms with E-state index >= 15 is 0 Å². The van der Waals surface area contributed by atoms with Crippen LogP contribution in [0.5, 0.6) is 5.88 Å². The Morgan fingerprint density at radius 3 is 2.69 bits per heavy atom. The van der Waals surface area contributed by atoms with E-state index in [0.29, 0.717) is 0 Å². The number of carbonyl (C=O) groups is 1. The van der Waals surface area contributed by atoms with Crippen LogP contribution in [-0.2, 0) is 11.2 Å². The van der Waals surface area contributed by atoms with E-state index in [1.807, 2.05) is 0 Å². The van der Waals surface area contributed by atoms with Gasteiger partial charge in [-0.05, 0) is 18.1 Å². The Morgan fingerprint density at radius 1 is 1.62 bits per heavy atom. The van der Waals surface area contributed by atoms with Crippen LogP contribution in [0.1, 0.15) is 23.2 Å². The number of carboxylic acid groups (broad SMARTS) is 1. The molecule has 0 bridgehead atoms. The van der Waals surface area contributed by atoms with Crippen LogP contribution in [0.3, 0.4) is 0 Å². The lowest BCUT2D eigenvalue weighted by Gasteiger charge is -2.10. The molecule has 0 aromatic carbocycles. The number of hydrogen-bond donors (Lipinski definition) is 1. The zero-order chi connectivity index (χ0) is 12.3. The normalized spacial score (nSPS) is 10.6. The lowest BCUT2D eigenvalue weighted by atomic mass is 10.1. The van der Waals surface area contributed by atoms with Crippen LogP contribution in [0.4, 0.5) is 8.78 Å². The summed E-state index contributed by atoms with van der Waals surface area (Å²) in [5.74, 6) is -1.09. The van der Waals surface area contributed by atoms with Crippen molar-refractivity contribution in [3.05, 3.63) is 22.9 Å². The third kappa shape index (κ3) is 2.65. The highest BCUT2D eigenvalue weighted by Gasteiger charge is 2.18. The molecule has 0 atom stereocenters. The first kappa shape index (κ1) is 12.4. The zero-order valence-corrected chi connectivity index (χ0v) is 8.83. The van der Waals surface area contributed by atoms with Gasteiger partial charge in [0.25, 0.3) is 6.43 Å². The van der Waals surface area contributed by atoms with Crippen molar-refractivity contribution in [3.8, 4) is 5.88 Å². The van der Waals surface area contributed by atoms with Gasteiger partial charge in [-0.25, -0.2) is 13.8 Å². The molecule has 0 saturated carbocycles. The van der Waals surface area contributed by atoms with Crippen molar-refractivity contribution in [2.45, 2.75) is 19.8 Å². The van der Waals surface area contributed by atoms with Crippen LogP contribution in [0, 0.1) is 6.92 Å². The number of alkyl halides is 2. The Balaban J connectivity index is 3.25. The van der Waals surface area contributed by atoms with Gasteiger partial charge in [0.15, 0.2) is 0 Å². The maximum Gasteiger partial charge on any atom is 0.307 e. The minimum absolute atomic E-state index is 0.00264. The number of aliphatic carboxylic acids is 1. The highest BCUT2D eigenvalue weighted by Crippen LogP contribution is 2.26. The summed E-state index contributed by atoms with van der Waals surface area (Å²) in [6.07, 6.45) is -3.08. The molecule has 6 heteroatoms. The molecule has 0 aliphatic carbocycles. The van der Waals surface area contributed by atoms with Crippen molar-refractivity contribution >= 4 is 5.97 Å². The molecule has 0 unspecified atom stereocenters. The molecule has 4 nitrogen and oxygen atoms in total. The molecule has 0 spiro atoms. The van der Waals surface area contributed by atoms with Gasteiger partial charge in [-0.2, -0.15) is 0 Å². The number of carboxylic acids is 1. The highest BCUT2D eigenvalue weighted by molar-refractivity contribution is 5.71. The van der Waals surface area contributed by atoms with E-state index < -0.39 is 18.1 Å². The molecule has 16 heavy (non-hydrogen) atoms. The largest absolute Gasteiger partial charge is 0.481 e. The number of pyridine rings is 1. The Labute approximate surface area is 90.9 Å². The second-order valence-corrected chi connectivity index (χ2v) is 3.21. The molecule has 88 valence electrons. The van der Waals surface area contributed by atoms with Crippen LogP contribution in [0.15, 0.2) is 6.07 Å². The van der Waals surface area contributed by atoms with Crippen molar-refractivity contribution in [2.75, 3.05) is 7.11 Å². The fraction of sp³-hybridized carbons (Fsp3) is 0.400. The van der Waals surface area contributed by atoms with Crippen LogP contribution in [-0.4, -0.2) is 23.2 Å². The zero-order valence-electron chi connectivity index (χ0n) is 8.83. The summed E-state index contributed by atoms with van der Waals surface area (Å²) >= 11 is 0. The number of aromatic nitrogens is 1. The molecule has 1 heterocycles. The molecule has 0 radical (unpaired) electrons. The van der Waals surface area contributed by atoms with Crippen molar-refractivity contribution in [1.29, 1.82) is 0 Å². The second-order valence-electron chi connectivity index (χ2n) is 3.21. The molecular formula is C10H11F2NO3. The molecule has 0 saturated heterocycles. The highest BCUT2D eigenvalue weighted by atomic mass is 19.3. The molecule has 0 amide bonds. The van der Waals surface area contributed by atoms with Gasteiger partial charge in [0, 0.05) is 6.07 Å². The first-order valence-corrected chi connectivity index (χ1v) is 4.50. The van der Waals surface area contributed by atoms with E-state index in [2.05, 4.69) is 4.98 Å². The van der Waals surface area contributed by atoms with E-state index in [0.717, 1.165) is 0 Å². The fourth-order valence-electron chi connectivity index (χ4n) is 1.32. The molecule has 0 fully saturated rings. The monoisotopic (exact) mass is 231 g/mol. The minimum Gasteiger partial charge on any atom is -0.481 e. The summed E-state index contributed by atoms with van der Waals surface area (Å²) < 4.78 is 29.9. The standard InChI is InChI=1S/C10H11F2NO3/c1-5-6(4-8(14)15)3-7(16-2)13-9(5)10(11)12/h3,10H,4H2,1-2H3,(H,14,15). The van der Waals surface area contributed by atoms with Gasteiger partial charge in [-0.3, -0.25) is 4.79 Å². The Kier molecular flexibility index (Phi) is 3.76. The van der Waals surface area contributed by atoms with E-state index in [-0.39, 0.29) is 23.4 Å². The summed E-state index contributed by atoms with van der Waals surface area (Å²) in [7, 11) is 1.29.